The lowest BCUT2D eigenvalue weighted by molar-refractivity contribution is -0.130. The molecule has 2 aliphatic heterocycles. The summed E-state index contributed by atoms with van der Waals surface area (Å²) in [5.74, 6) is -0.225. The number of benzene rings is 1. The maximum atomic E-state index is 11.9. The molecule has 0 radical (unpaired) electrons. The molecule has 0 bridgehead atoms. The van der Waals surface area contributed by atoms with E-state index in [-0.39, 0.29) is 11.6 Å². The molecular weight excluding hydrogens is 280 g/mol. The first-order valence-electron chi connectivity index (χ1n) is 6.34. The number of halogens is 1. The molecule has 1 fully saturated rings. The number of cyclic esters (lactones) is 1. The Balaban J connectivity index is 1.89. The Morgan fingerprint density at radius 2 is 1.90 bits per heavy atom. The maximum absolute atomic E-state index is 11.9. The van der Waals surface area contributed by atoms with Gasteiger partial charge in [-0.25, -0.2) is 9.79 Å². The van der Waals surface area contributed by atoms with Gasteiger partial charge in [0.1, 0.15) is 5.16 Å². The summed E-state index contributed by atoms with van der Waals surface area (Å²) in [6.45, 7) is 2.47. The Bertz CT molecular complexity index is 577. The number of carbonyl (C=O) groups is 1. The van der Waals surface area contributed by atoms with Crippen molar-refractivity contribution in [1.82, 2.24) is 4.90 Å². The first kappa shape index (κ1) is 13.1. The second kappa shape index (κ2) is 5.64. The molecule has 0 aromatic heterocycles. The summed E-state index contributed by atoms with van der Waals surface area (Å²) in [6.07, 6.45) is 0. The van der Waals surface area contributed by atoms with E-state index in [9.17, 15) is 4.79 Å². The molecule has 3 rings (SSSR count). The standard InChI is InChI=1S/C14H13ClN2O3/c15-12(17-6-8-19-9-7-17)11-14(18)20-13(16-11)10-4-2-1-3-5-10/h1-5H,6-9H2/b12-11-. The molecule has 0 N–H and O–H groups in total. The van der Waals surface area contributed by atoms with E-state index in [1.165, 1.54) is 0 Å². The highest BCUT2D eigenvalue weighted by Gasteiger charge is 2.29. The molecule has 1 saturated heterocycles. The van der Waals surface area contributed by atoms with Crippen molar-refractivity contribution in [2.45, 2.75) is 0 Å². The van der Waals surface area contributed by atoms with E-state index in [0.29, 0.717) is 31.5 Å². The lowest BCUT2D eigenvalue weighted by atomic mass is 10.2. The third kappa shape index (κ3) is 2.55. The zero-order valence-corrected chi connectivity index (χ0v) is 11.5. The smallest absolute Gasteiger partial charge is 0.366 e. The number of hydrogen-bond donors (Lipinski definition) is 0. The van der Waals surface area contributed by atoms with Gasteiger partial charge in [0.25, 0.3) is 0 Å². The van der Waals surface area contributed by atoms with Crippen LogP contribution in [-0.4, -0.2) is 43.1 Å². The van der Waals surface area contributed by atoms with Gasteiger partial charge in [0.2, 0.25) is 5.90 Å². The number of rotatable bonds is 2. The van der Waals surface area contributed by atoms with E-state index in [1.807, 2.05) is 35.2 Å². The summed E-state index contributed by atoms with van der Waals surface area (Å²) in [7, 11) is 0. The van der Waals surface area contributed by atoms with E-state index in [2.05, 4.69) is 4.99 Å². The lowest BCUT2D eigenvalue weighted by Crippen LogP contribution is -2.35. The molecule has 1 aromatic rings. The Hall–Kier alpha value is -1.85. The monoisotopic (exact) mass is 292 g/mol. The summed E-state index contributed by atoms with van der Waals surface area (Å²) >= 11 is 6.26. The summed E-state index contributed by atoms with van der Waals surface area (Å²) in [6, 6.07) is 9.27. The number of carbonyl (C=O) groups excluding carboxylic acids is 1. The molecule has 0 spiro atoms. The van der Waals surface area contributed by atoms with Crippen LogP contribution in [0.25, 0.3) is 0 Å². The quantitative estimate of drug-likeness (QED) is 0.473. The molecule has 20 heavy (non-hydrogen) atoms. The Morgan fingerprint density at radius 3 is 2.60 bits per heavy atom. The van der Waals surface area contributed by atoms with Crippen molar-refractivity contribution in [3.05, 3.63) is 46.7 Å². The van der Waals surface area contributed by atoms with Gasteiger partial charge < -0.3 is 14.4 Å². The van der Waals surface area contributed by atoms with Gasteiger partial charge in [-0.2, -0.15) is 0 Å². The van der Waals surface area contributed by atoms with Crippen LogP contribution < -0.4 is 0 Å². The van der Waals surface area contributed by atoms with E-state index < -0.39 is 5.97 Å². The Labute approximate surface area is 121 Å². The Kier molecular flexibility index (Phi) is 3.71. The van der Waals surface area contributed by atoms with Crippen LogP contribution >= 0.6 is 11.6 Å². The minimum absolute atomic E-state index is 0.160. The van der Waals surface area contributed by atoms with E-state index >= 15 is 0 Å². The molecule has 0 unspecified atom stereocenters. The van der Waals surface area contributed by atoms with Gasteiger partial charge in [-0.05, 0) is 12.1 Å². The van der Waals surface area contributed by atoms with Crippen molar-refractivity contribution in [2.24, 2.45) is 4.99 Å². The number of ether oxygens (including phenoxy) is 2. The first-order chi connectivity index (χ1) is 9.75. The predicted molar refractivity (Wildman–Crippen MR) is 74.3 cm³/mol. The molecule has 0 atom stereocenters. The van der Waals surface area contributed by atoms with E-state index in [0.717, 1.165) is 5.56 Å². The minimum Gasteiger partial charge on any atom is -0.402 e. The largest absolute Gasteiger partial charge is 0.402 e. The van der Waals surface area contributed by atoms with Crippen molar-refractivity contribution in [2.75, 3.05) is 26.3 Å². The fourth-order valence-electron chi connectivity index (χ4n) is 2.05. The van der Waals surface area contributed by atoms with Crippen LogP contribution in [0.4, 0.5) is 0 Å². The number of morpholine rings is 1. The predicted octanol–water partition coefficient (Wildman–Crippen LogP) is 1.73. The van der Waals surface area contributed by atoms with Crippen LogP contribution in [0, 0.1) is 0 Å². The zero-order chi connectivity index (χ0) is 13.9. The molecule has 2 aliphatic rings. The number of esters is 1. The van der Waals surface area contributed by atoms with Crippen molar-refractivity contribution in [3.8, 4) is 0 Å². The van der Waals surface area contributed by atoms with Crippen LogP contribution in [0.5, 0.6) is 0 Å². The van der Waals surface area contributed by atoms with Gasteiger partial charge in [-0.3, -0.25) is 0 Å². The molecular formula is C14H13ClN2O3. The van der Waals surface area contributed by atoms with Gasteiger partial charge >= 0.3 is 5.97 Å². The summed E-state index contributed by atoms with van der Waals surface area (Å²) < 4.78 is 10.4. The molecule has 104 valence electrons. The van der Waals surface area contributed by atoms with Crippen LogP contribution in [0.15, 0.2) is 46.2 Å². The van der Waals surface area contributed by atoms with Crippen LogP contribution in [0.1, 0.15) is 5.56 Å². The van der Waals surface area contributed by atoms with E-state index in [1.54, 1.807) is 0 Å². The van der Waals surface area contributed by atoms with Gasteiger partial charge in [0.15, 0.2) is 5.70 Å². The average molecular weight is 293 g/mol. The van der Waals surface area contributed by atoms with Crippen molar-refractivity contribution in [1.29, 1.82) is 0 Å². The molecule has 6 heteroatoms. The number of aliphatic imine (C=N–C) groups is 1. The first-order valence-corrected chi connectivity index (χ1v) is 6.72. The van der Waals surface area contributed by atoms with Gasteiger partial charge in [0.05, 0.1) is 13.2 Å². The van der Waals surface area contributed by atoms with Crippen LogP contribution in [0.3, 0.4) is 0 Å². The van der Waals surface area contributed by atoms with Gasteiger partial charge in [0, 0.05) is 18.7 Å². The van der Waals surface area contributed by atoms with E-state index in [4.69, 9.17) is 21.1 Å². The zero-order valence-electron chi connectivity index (χ0n) is 10.7. The van der Waals surface area contributed by atoms with Crippen molar-refractivity contribution in [3.63, 3.8) is 0 Å². The third-order valence-electron chi connectivity index (χ3n) is 3.10. The average Bonchev–Trinajstić information content (AvgIpc) is 2.90. The SMILES string of the molecule is O=C1OC(c2ccccc2)=N/C1=C(/Cl)N1CCOCC1. The Morgan fingerprint density at radius 1 is 1.20 bits per heavy atom. The molecule has 0 amide bonds. The second-order valence-electron chi connectivity index (χ2n) is 4.41. The highest BCUT2D eigenvalue weighted by Crippen LogP contribution is 2.24. The molecule has 2 heterocycles. The lowest BCUT2D eigenvalue weighted by Gasteiger charge is -2.27. The maximum Gasteiger partial charge on any atom is 0.366 e. The molecule has 1 aromatic carbocycles. The molecule has 0 saturated carbocycles. The normalized spacial score (nSPS) is 21.6. The number of nitrogens with zero attached hydrogens (tertiary/aromatic N) is 2. The van der Waals surface area contributed by atoms with Gasteiger partial charge in [-0.1, -0.05) is 29.8 Å². The highest BCUT2D eigenvalue weighted by atomic mass is 35.5. The van der Waals surface area contributed by atoms with Gasteiger partial charge in [-0.15, -0.1) is 0 Å². The molecule has 5 nitrogen and oxygen atoms in total. The summed E-state index contributed by atoms with van der Waals surface area (Å²) in [5.41, 5.74) is 0.912. The fourth-order valence-corrected chi connectivity index (χ4v) is 2.34. The van der Waals surface area contributed by atoms with Crippen molar-refractivity contribution < 1.29 is 14.3 Å². The third-order valence-corrected chi connectivity index (χ3v) is 3.52. The molecule has 0 aliphatic carbocycles. The highest BCUT2D eigenvalue weighted by molar-refractivity contribution is 6.32. The number of hydrogen-bond acceptors (Lipinski definition) is 5. The van der Waals surface area contributed by atoms with Crippen LogP contribution in [-0.2, 0) is 14.3 Å². The van der Waals surface area contributed by atoms with Crippen LogP contribution in [0.2, 0.25) is 0 Å². The fraction of sp³-hybridized carbons (Fsp3) is 0.286. The minimum atomic E-state index is -0.514. The summed E-state index contributed by atoms with van der Waals surface area (Å²) in [5, 5.41) is 0.323. The topological polar surface area (TPSA) is 51.1 Å². The van der Waals surface area contributed by atoms with Crippen molar-refractivity contribution >= 4 is 23.5 Å². The second-order valence-corrected chi connectivity index (χ2v) is 4.77. The summed E-state index contributed by atoms with van der Waals surface area (Å²) in [4.78, 5) is 18.0.